The number of ether oxygens (including phenoxy) is 2. The fraction of sp³-hybridized carbons (Fsp3) is 0.0833. The molecule has 0 aliphatic carbocycles. The Morgan fingerprint density at radius 3 is 2.56 bits per heavy atom. The number of H-pyrrole nitrogens is 1. The van der Waals surface area contributed by atoms with E-state index in [-0.39, 0.29) is 0 Å². The first kappa shape index (κ1) is 19.5. The molecule has 5 aromatic rings. The van der Waals surface area contributed by atoms with E-state index >= 15 is 0 Å². The maximum Gasteiger partial charge on any atom is 0.246 e. The van der Waals surface area contributed by atoms with Crippen molar-refractivity contribution < 1.29 is 9.47 Å². The van der Waals surface area contributed by atoms with Crippen molar-refractivity contribution in [1.29, 1.82) is 0 Å². The van der Waals surface area contributed by atoms with E-state index in [0.29, 0.717) is 23.4 Å². The highest BCUT2D eigenvalue weighted by molar-refractivity contribution is 5.84. The molecule has 0 atom stereocenters. The monoisotopic (exact) mass is 424 g/mol. The van der Waals surface area contributed by atoms with Gasteiger partial charge in [0.2, 0.25) is 11.8 Å². The number of benzene rings is 3. The number of rotatable bonds is 6. The van der Waals surface area contributed by atoms with Gasteiger partial charge in [-0.3, -0.25) is 5.10 Å². The van der Waals surface area contributed by atoms with E-state index in [2.05, 4.69) is 30.5 Å². The average Bonchev–Trinajstić information content (AvgIpc) is 3.28. The molecule has 0 aliphatic rings. The Labute approximate surface area is 184 Å². The minimum Gasteiger partial charge on any atom is -0.497 e. The molecule has 2 aromatic heterocycles. The Balaban J connectivity index is 1.33. The molecule has 0 unspecified atom stereocenters. The molecule has 0 fully saturated rings. The van der Waals surface area contributed by atoms with E-state index < -0.39 is 0 Å². The Morgan fingerprint density at radius 2 is 1.75 bits per heavy atom. The first-order valence-corrected chi connectivity index (χ1v) is 10.0. The molecule has 8 nitrogen and oxygen atoms in total. The molecule has 0 bridgehead atoms. The Hall–Kier alpha value is -4.46. The van der Waals surface area contributed by atoms with Crippen molar-refractivity contribution >= 4 is 22.5 Å². The molecule has 158 valence electrons. The SMILES string of the molecule is COc1ccc2c(Oc3ccc(-c4nc(Nc5cccc(C)c5)n[nH]4)cc3)ncnc2c1. The van der Waals surface area contributed by atoms with Gasteiger partial charge < -0.3 is 14.8 Å². The van der Waals surface area contributed by atoms with Crippen LogP contribution in [0, 0.1) is 6.92 Å². The van der Waals surface area contributed by atoms with E-state index in [1.54, 1.807) is 7.11 Å². The summed E-state index contributed by atoms with van der Waals surface area (Å²) in [6.07, 6.45) is 1.47. The van der Waals surface area contributed by atoms with Crippen LogP contribution >= 0.6 is 0 Å². The van der Waals surface area contributed by atoms with Crippen LogP contribution in [0.2, 0.25) is 0 Å². The van der Waals surface area contributed by atoms with Crippen LogP contribution in [0.25, 0.3) is 22.3 Å². The summed E-state index contributed by atoms with van der Waals surface area (Å²) in [5, 5.41) is 11.2. The molecular weight excluding hydrogens is 404 g/mol. The van der Waals surface area contributed by atoms with Crippen LogP contribution in [0.15, 0.2) is 73.1 Å². The summed E-state index contributed by atoms with van der Waals surface area (Å²) in [6, 6.07) is 21.2. The predicted molar refractivity (Wildman–Crippen MR) is 122 cm³/mol. The number of nitrogens with zero attached hydrogens (tertiary/aromatic N) is 4. The predicted octanol–water partition coefficient (Wildman–Crippen LogP) is 5.27. The van der Waals surface area contributed by atoms with Crippen LogP contribution in [-0.2, 0) is 0 Å². The van der Waals surface area contributed by atoms with Crippen LogP contribution in [0.5, 0.6) is 17.4 Å². The second-order valence-electron chi connectivity index (χ2n) is 7.19. The molecule has 0 spiro atoms. The Kier molecular flexibility index (Phi) is 5.09. The van der Waals surface area contributed by atoms with Gasteiger partial charge in [-0.05, 0) is 61.0 Å². The molecule has 0 amide bonds. The van der Waals surface area contributed by atoms with Crippen LogP contribution in [0.4, 0.5) is 11.6 Å². The molecule has 5 rings (SSSR count). The topological polar surface area (TPSA) is 97.8 Å². The van der Waals surface area contributed by atoms with Crippen molar-refractivity contribution in [2.24, 2.45) is 0 Å². The highest BCUT2D eigenvalue weighted by Crippen LogP contribution is 2.30. The van der Waals surface area contributed by atoms with Gasteiger partial charge in [0.05, 0.1) is 18.0 Å². The molecule has 0 saturated carbocycles. The average molecular weight is 424 g/mol. The molecule has 2 heterocycles. The normalized spacial score (nSPS) is 10.8. The van der Waals surface area contributed by atoms with Crippen LogP contribution in [0.1, 0.15) is 5.56 Å². The van der Waals surface area contributed by atoms with Gasteiger partial charge in [0, 0.05) is 17.3 Å². The molecule has 0 radical (unpaired) electrons. The lowest BCUT2D eigenvalue weighted by atomic mass is 10.2. The van der Waals surface area contributed by atoms with Gasteiger partial charge in [-0.15, -0.1) is 5.10 Å². The highest BCUT2D eigenvalue weighted by Gasteiger charge is 2.10. The van der Waals surface area contributed by atoms with Gasteiger partial charge in [0.15, 0.2) is 5.82 Å². The van der Waals surface area contributed by atoms with Crippen molar-refractivity contribution in [1.82, 2.24) is 25.1 Å². The number of hydrogen-bond donors (Lipinski definition) is 2. The fourth-order valence-corrected chi connectivity index (χ4v) is 3.31. The number of nitrogens with one attached hydrogen (secondary N) is 2. The van der Waals surface area contributed by atoms with Gasteiger partial charge in [0.1, 0.15) is 17.8 Å². The number of aryl methyl sites for hydroxylation is 1. The fourth-order valence-electron chi connectivity index (χ4n) is 3.31. The zero-order valence-electron chi connectivity index (χ0n) is 17.5. The largest absolute Gasteiger partial charge is 0.497 e. The van der Waals surface area contributed by atoms with Crippen molar-refractivity contribution in [2.45, 2.75) is 6.92 Å². The smallest absolute Gasteiger partial charge is 0.246 e. The Morgan fingerprint density at radius 1 is 0.906 bits per heavy atom. The third kappa shape index (κ3) is 4.06. The van der Waals surface area contributed by atoms with Crippen LogP contribution in [-0.4, -0.2) is 32.3 Å². The molecule has 8 heteroatoms. The maximum absolute atomic E-state index is 6.00. The van der Waals surface area contributed by atoms with Crippen LogP contribution in [0.3, 0.4) is 0 Å². The van der Waals surface area contributed by atoms with E-state index in [0.717, 1.165) is 33.5 Å². The summed E-state index contributed by atoms with van der Waals surface area (Å²) in [5.41, 5.74) is 3.74. The third-order valence-corrected chi connectivity index (χ3v) is 4.91. The lowest BCUT2D eigenvalue weighted by Crippen LogP contribution is -1.93. The van der Waals surface area contributed by atoms with E-state index in [1.165, 1.54) is 6.33 Å². The first-order chi connectivity index (χ1) is 15.7. The molecule has 32 heavy (non-hydrogen) atoms. The molecular formula is C24H20N6O2. The number of anilines is 2. The number of methoxy groups -OCH3 is 1. The van der Waals surface area contributed by atoms with Gasteiger partial charge in [0.25, 0.3) is 0 Å². The molecule has 0 saturated heterocycles. The summed E-state index contributed by atoms with van der Waals surface area (Å²) < 4.78 is 11.3. The highest BCUT2D eigenvalue weighted by atomic mass is 16.5. The molecule has 2 N–H and O–H groups in total. The third-order valence-electron chi connectivity index (χ3n) is 4.91. The van der Waals surface area contributed by atoms with E-state index in [4.69, 9.17) is 9.47 Å². The molecule has 0 aliphatic heterocycles. The second-order valence-corrected chi connectivity index (χ2v) is 7.19. The van der Waals surface area contributed by atoms with Crippen molar-refractivity contribution in [3.8, 4) is 28.8 Å². The second kappa shape index (κ2) is 8.35. The quantitative estimate of drug-likeness (QED) is 0.383. The minimum absolute atomic E-state index is 0.481. The number of aromatic amines is 1. The zero-order valence-corrected chi connectivity index (χ0v) is 17.5. The number of hydrogen-bond acceptors (Lipinski definition) is 7. The Bertz CT molecular complexity index is 1380. The first-order valence-electron chi connectivity index (χ1n) is 10.0. The number of aromatic nitrogens is 5. The molecule has 3 aromatic carbocycles. The lowest BCUT2D eigenvalue weighted by Gasteiger charge is -2.08. The van der Waals surface area contributed by atoms with Crippen molar-refractivity contribution in [2.75, 3.05) is 12.4 Å². The lowest BCUT2D eigenvalue weighted by molar-refractivity contribution is 0.415. The van der Waals surface area contributed by atoms with Gasteiger partial charge in [-0.25, -0.2) is 9.97 Å². The summed E-state index contributed by atoms with van der Waals surface area (Å²) in [6.45, 7) is 2.04. The minimum atomic E-state index is 0.481. The zero-order chi connectivity index (χ0) is 21.9. The summed E-state index contributed by atoms with van der Waals surface area (Å²) in [5.74, 6) is 3.03. The van der Waals surface area contributed by atoms with Crippen molar-refractivity contribution in [3.05, 3.63) is 78.6 Å². The summed E-state index contributed by atoms with van der Waals surface area (Å²) in [4.78, 5) is 13.1. The van der Waals surface area contributed by atoms with E-state index in [9.17, 15) is 0 Å². The standard InChI is InChI=1S/C24H20N6O2/c1-15-4-3-5-17(12-15)27-24-28-22(29-30-24)16-6-8-18(9-7-16)32-23-20-11-10-19(31-2)13-21(20)25-14-26-23/h3-14H,1-2H3,(H2,27,28,29,30). The maximum atomic E-state index is 6.00. The number of fused-ring (bicyclic) bond motifs is 1. The summed E-state index contributed by atoms with van der Waals surface area (Å²) >= 11 is 0. The summed E-state index contributed by atoms with van der Waals surface area (Å²) in [7, 11) is 1.62. The van der Waals surface area contributed by atoms with Gasteiger partial charge in [-0.2, -0.15) is 4.98 Å². The van der Waals surface area contributed by atoms with Crippen molar-refractivity contribution in [3.63, 3.8) is 0 Å². The van der Waals surface area contributed by atoms with Gasteiger partial charge in [-0.1, -0.05) is 12.1 Å². The van der Waals surface area contributed by atoms with Gasteiger partial charge >= 0.3 is 0 Å². The van der Waals surface area contributed by atoms with E-state index in [1.807, 2.05) is 73.7 Å². The van der Waals surface area contributed by atoms with Crippen LogP contribution < -0.4 is 14.8 Å².